The van der Waals surface area contributed by atoms with Crippen LogP contribution in [0.25, 0.3) is 0 Å². The predicted octanol–water partition coefficient (Wildman–Crippen LogP) is 8.34. The lowest BCUT2D eigenvalue weighted by atomic mass is 9.71. The van der Waals surface area contributed by atoms with E-state index in [-0.39, 0.29) is 6.42 Å². The van der Waals surface area contributed by atoms with Gasteiger partial charge in [-0.3, -0.25) is 9.78 Å². The summed E-state index contributed by atoms with van der Waals surface area (Å²) in [5.74, 6) is -1.50. The van der Waals surface area contributed by atoms with Crippen LogP contribution in [0.3, 0.4) is 0 Å². The second-order valence-electron chi connectivity index (χ2n) is 10.1. The summed E-state index contributed by atoms with van der Waals surface area (Å²) in [6.07, 6.45) is 15.5. The van der Waals surface area contributed by atoms with Crippen LogP contribution < -0.4 is 0 Å². The molecule has 1 atom stereocenters. The van der Waals surface area contributed by atoms with Crippen LogP contribution in [0, 0.1) is 5.92 Å². The summed E-state index contributed by atoms with van der Waals surface area (Å²) in [5, 5.41) is 8.94. The largest absolute Gasteiger partial charge is 0.349 e. The Morgan fingerprint density at radius 1 is 0.714 bits per heavy atom. The SMILES string of the molecule is CCCCCCCCCC(=O)OOOOC(=O)C(CCCCCCCC)C(C)(C)c1ccccc1. The third-order valence-corrected chi connectivity index (χ3v) is 6.78. The molecule has 1 aromatic rings. The molecule has 35 heavy (non-hydrogen) atoms. The average Bonchev–Trinajstić information content (AvgIpc) is 2.86. The van der Waals surface area contributed by atoms with E-state index < -0.39 is 23.3 Å². The van der Waals surface area contributed by atoms with Gasteiger partial charge in [-0.2, -0.15) is 0 Å². The first-order chi connectivity index (χ1) is 16.9. The second kappa shape index (κ2) is 19.3. The van der Waals surface area contributed by atoms with Gasteiger partial charge in [-0.15, -0.1) is 0 Å². The molecule has 0 heterocycles. The summed E-state index contributed by atoms with van der Waals surface area (Å²) in [6, 6.07) is 9.93. The van der Waals surface area contributed by atoms with E-state index >= 15 is 0 Å². The Kier molecular flexibility index (Phi) is 17.1. The molecule has 6 nitrogen and oxygen atoms in total. The summed E-state index contributed by atoms with van der Waals surface area (Å²) in [4.78, 5) is 34.2. The number of carbonyl (C=O) groups excluding carboxylic acids is 2. The van der Waals surface area contributed by atoms with Crippen molar-refractivity contribution in [3.63, 3.8) is 0 Å². The molecule has 0 bridgehead atoms. The molecule has 0 aliphatic carbocycles. The van der Waals surface area contributed by atoms with Crippen molar-refractivity contribution in [2.24, 2.45) is 5.92 Å². The fourth-order valence-corrected chi connectivity index (χ4v) is 4.40. The lowest BCUT2D eigenvalue weighted by Gasteiger charge is -2.32. The van der Waals surface area contributed by atoms with E-state index in [4.69, 9.17) is 4.89 Å². The Bertz CT molecular complexity index is 673. The quantitative estimate of drug-likeness (QED) is 0.0975. The maximum absolute atomic E-state index is 12.9. The molecule has 0 saturated heterocycles. The number of benzene rings is 1. The molecule has 0 aromatic heterocycles. The van der Waals surface area contributed by atoms with Crippen molar-refractivity contribution in [1.29, 1.82) is 0 Å². The fourth-order valence-electron chi connectivity index (χ4n) is 4.40. The highest BCUT2D eigenvalue weighted by atomic mass is 17.7. The minimum Gasteiger partial charge on any atom is -0.266 e. The summed E-state index contributed by atoms with van der Waals surface area (Å²) in [5.41, 5.74) is 0.592. The molecule has 1 unspecified atom stereocenters. The number of rotatable bonds is 21. The molecule has 0 aliphatic rings. The van der Waals surface area contributed by atoms with Gasteiger partial charge in [0.05, 0.1) is 5.92 Å². The third-order valence-electron chi connectivity index (χ3n) is 6.78. The number of carbonyl (C=O) groups is 2. The molecule has 6 heteroatoms. The van der Waals surface area contributed by atoms with Gasteiger partial charge in [0.2, 0.25) is 0 Å². The van der Waals surface area contributed by atoms with E-state index in [0.717, 1.165) is 44.1 Å². The molecular weight excluding hydrogens is 444 g/mol. The highest BCUT2D eigenvalue weighted by Crippen LogP contribution is 2.36. The van der Waals surface area contributed by atoms with Crippen molar-refractivity contribution in [3.05, 3.63) is 35.9 Å². The zero-order valence-corrected chi connectivity index (χ0v) is 22.5. The summed E-state index contributed by atoms with van der Waals surface area (Å²) in [6.45, 7) is 8.46. The first-order valence-corrected chi connectivity index (χ1v) is 13.7. The zero-order valence-electron chi connectivity index (χ0n) is 22.5. The van der Waals surface area contributed by atoms with Crippen LogP contribution in [0.5, 0.6) is 0 Å². The van der Waals surface area contributed by atoms with Crippen LogP contribution in [-0.4, -0.2) is 11.9 Å². The maximum atomic E-state index is 12.9. The smallest absolute Gasteiger partial charge is 0.266 e. The Morgan fingerprint density at radius 3 is 1.83 bits per heavy atom. The highest BCUT2D eigenvalue weighted by molar-refractivity contribution is 5.74. The molecule has 1 aromatic carbocycles. The van der Waals surface area contributed by atoms with Crippen molar-refractivity contribution >= 4 is 11.9 Å². The Hall–Kier alpha value is -1.92. The summed E-state index contributed by atoms with van der Waals surface area (Å²) >= 11 is 0. The third kappa shape index (κ3) is 13.7. The van der Waals surface area contributed by atoms with Crippen LogP contribution in [-0.2, 0) is 34.9 Å². The van der Waals surface area contributed by atoms with E-state index in [1.54, 1.807) is 0 Å². The van der Waals surface area contributed by atoms with Crippen molar-refractivity contribution in [2.75, 3.05) is 0 Å². The van der Waals surface area contributed by atoms with Crippen LogP contribution in [0.15, 0.2) is 30.3 Å². The minimum atomic E-state index is -0.539. The van der Waals surface area contributed by atoms with Gasteiger partial charge in [-0.25, -0.2) is 9.59 Å². The predicted molar refractivity (Wildman–Crippen MR) is 138 cm³/mol. The first-order valence-electron chi connectivity index (χ1n) is 13.7. The molecule has 0 amide bonds. The van der Waals surface area contributed by atoms with Crippen molar-refractivity contribution in [1.82, 2.24) is 0 Å². The summed E-state index contributed by atoms with van der Waals surface area (Å²) in [7, 11) is 0. The minimum absolute atomic E-state index is 0.243. The number of unbranched alkanes of at least 4 members (excludes halogenated alkanes) is 11. The molecule has 200 valence electrons. The fraction of sp³-hybridized carbons (Fsp3) is 0.724. The van der Waals surface area contributed by atoms with E-state index in [9.17, 15) is 9.59 Å². The van der Waals surface area contributed by atoms with Crippen molar-refractivity contribution < 1.29 is 29.4 Å². The Balaban J connectivity index is 2.44. The number of hydrogen-bond acceptors (Lipinski definition) is 6. The normalized spacial score (nSPS) is 12.3. The van der Waals surface area contributed by atoms with Gasteiger partial charge in [0.25, 0.3) is 0 Å². The number of hydrogen-bond donors (Lipinski definition) is 0. The Morgan fingerprint density at radius 2 is 1.23 bits per heavy atom. The van der Waals surface area contributed by atoms with Gasteiger partial charge >= 0.3 is 11.9 Å². The molecule has 0 spiro atoms. The molecule has 0 N–H and O–H groups in total. The average molecular weight is 493 g/mol. The molecule has 0 aliphatic heterocycles. The van der Waals surface area contributed by atoms with Crippen LogP contribution >= 0.6 is 0 Å². The van der Waals surface area contributed by atoms with Crippen LogP contribution in [0.1, 0.15) is 130 Å². The lowest BCUT2D eigenvalue weighted by Crippen LogP contribution is -2.36. The van der Waals surface area contributed by atoms with E-state index in [2.05, 4.69) is 28.8 Å². The lowest BCUT2D eigenvalue weighted by molar-refractivity contribution is -0.600. The van der Waals surface area contributed by atoms with Gasteiger partial charge in [0, 0.05) is 21.9 Å². The highest BCUT2D eigenvalue weighted by Gasteiger charge is 2.38. The van der Waals surface area contributed by atoms with Gasteiger partial charge in [0.1, 0.15) is 0 Å². The van der Waals surface area contributed by atoms with Crippen molar-refractivity contribution in [3.8, 4) is 0 Å². The van der Waals surface area contributed by atoms with Crippen molar-refractivity contribution in [2.45, 2.75) is 129 Å². The zero-order chi connectivity index (χ0) is 25.8. The maximum Gasteiger partial charge on any atom is 0.349 e. The van der Waals surface area contributed by atoms with Gasteiger partial charge in [0.15, 0.2) is 0 Å². The van der Waals surface area contributed by atoms with E-state index in [1.807, 2.05) is 44.2 Å². The van der Waals surface area contributed by atoms with E-state index in [1.165, 1.54) is 44.9 Å². The molecular formula is C29H48O6. The second-order valence-corrected chi connectivity index (χ2v) is 10.1. The monoisotopic (exact) mass is 492 g/mol. The van der Waals surface area contributed by atoms with Gasteiger partial charge in [-0.1, -0.05) is 135 Å². The van der Waals surface area contributed by atoms with Crippen LogP contribution in [0.4, 0.5) is 0 Å². The Labute approximate surface area is 212 Å². The van der Waals surface area contributed by atoms with Crippen LogP contribution in [0.2, 0.25) is 0 Å². The topological polar surface area (TPSA) is 71.1 Å². The standard InChI is InChI=1S/C29H48O6/c1-5-7-9-11-13-15-20-24-27(30)32-34-35-33-28(31)26(23-19-14-12-10-8-6-2)29(3,4)25-21-17-16-18-22-25/h16-18,21-22,26H,5-15,19-20,23-24H2,1-4H3. The molecule has 1 rings (SSSR count). The van der Waals surface area contributed by atoms with Gasteiger partial charge in [-0.05, 0) is 18.4 Å². The van der Waals surface area contributed by atoms with E-state index in [0.29, 0.717) is 6.42 Å². The molecule has 0 saturated carbocycles. The molecule has 0 fully saturated rings. The first kappa shape index (κ1) is 31.1. The van der Waals surface area contributed by atoms with Gasteiger partial charge < -0.3 is 0 Å². The summed E-state index contributed by atoms with van der Waals surface area (Å²) < 4.78 is 0. The molecule has 0 radical (unpaired) electrons.